The van der Waals surface area contributed by atoms with Crippen LogP contribution in [0.4, 0.5) is 4.39 Å². The molecule has 3 aromatic rings. The summed E-state index contributed by atoms with van der Waals surface area (Å²) in [5, 5.41) is 2.51. The van der Waals surface area contributed by atoms with E-state index in [0.29, 0.717) is 21.7 Å². The molecule has 2 aromatic heterocycles. The van der Waals surface area contributed by atoms with Gasteiger partial charge >= 0.3 is 5.69 Å². The molecule has 0 unspecified atom stereocenters. The van der Waals surface area contributed by atoms with Crippen molar-refractivity contribution in [2.75, 3.05) is 0 Å². The molecular weight excluding hydrogens is 327 g/mol. The van der Waals surface area contributed by atoms with Crippen LogP contribution < -0.4 is 11.2 Å². The largest absolute Gasteiger partial charge is 0.332 e. The topological polar surface area (TPSA) is 44.0 Å². The van der Waals surface area contributed by atoms with Gasteiger partial charge in [-0.15, -0.1) is 11.3 Å². The Balaban J connectivity index is 2.25. The van der Waals surface area contributed by atoms with Crippen LogP contribution in [0.2, 0.25) is 0 Å². The molecule has 0 fully saturated rings. The molecule has 2 heterocycles. The Morgan fingerprint density at radius 3 is 2.54 bits per heavy atom. The van der Waals surface area contributed by atoms with Crippen molar-refractivity contribution in [2.45, 2.75) is 26.8 Å². The number of rotatable bonds is 4. The lowest BCUT2D eigenvalue weighted by atomic mass is 10.0. The molecule has 0 aliphatic rings. The summed E-state index contributed by atoms with van der Waals surface area (Å²) in [5.74, 6) is 0.0461. The lowest BCUT2D eigenvalue weighted by Crippen LogP contribution is -2.38. The monoisotopic (exact) mass is 346 g/mol. The number of fused-ring (bicyclic) bond motifs is 1. The van der Waals surface area contributed by atoms with Crippen LogP contribution in [0.25, 0.3) is 10.2 Å². The molecule has 1 aromatic carbocycles. The minimum Gasteiger partial charge on any atom is -0.280 e. The van der Waals surface area contributed by atoms with E-state index in [0.717, 1.165) is 16.6 Å². The summed E-state index contributed by atoms with van der Waals surface area (Å²) in [4.78, 5) is 25.7. The van der Waals surface area contributed by atoms with E-state index in [1.165, 1.54) is 29.0 Å². The Kier molecular flexibility index (Phi) is 4.41. The maximum absolute atomic E-state index is 14.0. The third kappa shape index (κ3) is 2.82. The van der Waals surface area contributed by atoms with Gasteiger partial charge in [0.15, 0.2) is 0 Å². The van der Waals surface area contributed by atoms with Gasteiger partial charge in [-0.25, -0.2) is 9.18 Å². The number of benzene rings is 1. The summed E-state index contributed by atoms with van der Waals surface area (Å²) in [5.41, 5.74) is 0.677. The minimum absolute atomic E-state index is 0.109. The van der Waals surface area contributed by atoms with Crippen molar-refractivity contribution >= 4 is 21.6 Å². The fourth-order valence-corrected chi connectivity index (χ4v) is 3.93. The summed E-state index contributed by atoms with van der Waals surface area (Å²) >= 11 is 1.37. The van der Waals surface area contributed by atoms with Gasteiger partial charge in [0.2, 0.25) is 0 Å². The predicted molar refractivity (Wildman–Crippen MR) is 95.4 cm³/mol. The van der Waals surface area contributed by atoms with Gasteiger partial charge in [-0.1, -0.05) is 32.0 Å². The second-order valence-electron chi connectivity index (χ2n) is 6.36. The van der Waals surface area contributed by atoms with E-state index < -0.39 is 5.69 Å². The summed E-state index contributed by atoms with van der Waals surface area (Å²) in [6.45, 7) is 4.28. The molecule has 4 nitrogen and oxygen atoms in total. The van der Waals surface area contributed by atoms with Crippen molar-refractivity contribution in [1.82, 2.24) is 9.13 Å². The van der Waals surface area contributed by atoms with Crippen molar-refractivity contribution in [1.29, 1.82) is 0 Å². The maximum atomic E-state index is 14.0. The number of hydrogen-bond donors (Lipinski definition) is 0. The lowest BCUT2D eigenvalue weighted by molar-refractivity contribution is 0.591. The van der Waals surface area contributed by atoms with E-state index in [2.05, 4.69) is 13.8 Å². The highest BCUT2D eigenvalue weighted by Gasteiger charge is 2.17. The fraction of sp³-hybridized carbons (Fsp3) is 0.333. The smallest absolute Gasteiger partial charge is 0.280 e. The number of thiophene rings is 1. The molecule has 3 rings (SSSR count). The summed E-state index contributed by atoms with van der Waals surface area (Å²) < 4.78 is 16.6. The standard InChI is InChI=1S/C18H19FN2O2S/c1-11(2)8-13-10-24-17-15(13)16(22)20(3)18(23)21(17)9-12-6-4-5-7-14(12)19/h4-7,10-11H,8-9H2,1-3H3. The van der Waals surface area contributed by atoms with Crippen molar-refractivity contribution in [2.24, 2.45) is 13.0 Å². The van der Waals surface area contributed by atoms with Crippen LogP contribution in [0.1, 0.15) is 25.0 Å². The molecule has 0 amide bonds. The first-order valence-corrected chi connectivity index (χ1v) is 8.71. The summed E-state index contributed by atoms with van der Waals surface area (Å²) in [6.07, 6.45) is 0.771. The molecule has 126 valence electrons. The van der Waals surface area contributed by atoms with E-state index in [1.807, 2.05) is 5.38 Å². The Morgan fingerprint density at radius 2 is 1.88 bits per heavy atom. The average Bonchev–Trinajstić information content (AvgIpc) is 2.94. The minimum atomic E-state index is -0.422. The molecule has 24 heavy (non-hydrogen) atoms. The first kappa shape index (κ1) is 16.6. The van der Waals surface area contributed by atoms with Crippen LogP contribution in [0.15, 0.2) is 39.2 Å². The average molecular weight is 346 g/mol. The Bertz CT molecular complexity index is 1010. The van der Waals surface area contributed by atoms with Crippen LogP contribution in [0.5, 0.6) is 0 Å². The summed E-state index contributed by atoms with van der Waals surface area (Å²) in [6, 6.07) is 6.38. The van der Waals surface area contributed by atoms with Crippen LogP contribution in [0.3, 0.4) is 0 Å². The molecular formula is C18H19FN2O2S. The molecule has 0 bridgehead atoms. The zero-order valence-corrected chi connectivity index (χ0v) is 14.7. The van der Waals surface area contributed by atoms with Gasteiger partial charge in [-0.2, -0.15) is 0 Å². The van der Waals surface area contributed by atoms with Gasteiger partial charge < -0.3 is 0 Å². The third-order valence-corrected chi connectivity index (χ3v) is 5.09. The van der Waals surface area contributed by atoms with E-state index in [-0.39, 0.29) is 17.9 Å². The Hall–Kier alpha value is -2.21. The number of aromatic nitrogens is 2. The highest BCUT2D eigenvalue weighted by Crippen LogP contribution is 2.25. The predicted octanol–water partition coefficient (Wildman–Crippen LogP) is 3.15. The van der Waals surface area contributed by atoms with Gasteiger partial charge in [-0.3, -0.25) is 13.9 Å². The van der Waals surface area contributed by atoms with Gasteiger partial charge in [-0.05, 0) is 29.3 Å². The quantitative estimate of drug-likeness (QED) is 0.728. The fourth-order valence-electron chi connectivity index (χ4n) is 2.86. The molecule has 0 aliphatic carbocycles. The summed E-state index contributed by atoms with van der Waals surface area (Å²) in [7, 11) is 1.47. The van der Waals surface area contributed by atoms with E-state index in [1.54, 1.807) is 18.2 Å². The van der Waals surface area contributed by atoms with Crippen LogP contribution in [-0.2, 0) is 20.0 Å². The van der Waals surface area contributed by atoms with E-state index >= 15 is 0 Å². The van der Waals surface area contributed by atoms with Gasteiger partial charge in [0, 0.05) is 12.6 Å². The van der Waals surface area contributed by atoms with Crippen LogP contribution >= 0.6 is 11.3 Å². The van der Waals surface area contributed by atoms with Gasteiger partial charge in [0.25, 0.3) is 5.56 Å². The molecule has 6 heteroatoms. The van der Waals surface area contributed by atoms with Crippen LogP contribution in [0, 0.1) is 11.7 Å². The van der Waals surface area contributed by atoms with E-state index in [9.17, 15) is 14.0 Å². The number of halogens is 1. The van der Waals surface area contributed by atoms with Crippen molar-refractivity contribution in [3.8, 4) is 0 Å². The number of hydrogen-bond acceptors (Lipinski definition) is 3. The zero-order valence-electron chi connectivity index (χ0n) is 13.9. The first-order chi connectivity index (χ1) is 11.4. The second kappa shape index (κ2) is 6.36. The van der Waals surface area contributed by atoms with Gasteiger partial charge in [0.05, 0.1) is 11.9 Å². The highest BCUT2D eigenvalue weighted by atomic mass is 32.1. The van der Waals surface area contributed by atoms with Crippen molar-refractivity contribution < 1.29 is 4.39 Å². The molecule has 0 N–H and O–H groups in total. The van der Waals surface area contributed by atoms with Crippen LogP contribution in [-0.4, -0.2) is 9.13 Å². The molecule has 0 saturated carbocycles. The molecule has 0 spiro atoms. The zero-order chi connectivity index (χ0) is 17.4. The second-order valence-corrected chi connectivity index (χ2v) is 7.22. The van der Waals surface area contributed by atoms with Crippen molar-refractivity contribution in [3.05, 3.63) is 67.4 Å². The van der Waals surface area contributed by atoms with Crippen molar-refractivity contribution in [3.63, 3.8) is 0 Å². The normalized spacial score (nSPS) is 11.5. The Morgan fingerprint density at radius 1 is 1.17 bits per heavy atom. The number of nitrogens with zero attached hydrogens (tertiary/aromatic N) is 2. The SMILES string of the molecule is CC(C)Cc1csc2c1c(=O)n(C)c(=O)n2Cc1ccccc1F. The molecule has 0 saturated heterocycles. The Labute approximate surface area is 142 Å². The van der Waals surface area contributed by atoms with Gasteiger partial charge in [0.1, 0.15) is 10.6 Å². The first-order valence-electron chi connectivity index (χ1n) is 7.83. The third-order valence-electron chi connectivity index (χ3n) is 4.04. The molecule has 0 aliphatic heterocycles. The highest BCUT2D eigenvalue weighted by molar-refractivity contribution is 7.17. The maximum Gasteiger partial charge on any atom is 0.332 e. The lowest BCUT2D eigenvalue weighted by Gasteiger charge is -2.11. The molecule has 0 atom stereocenters. The molecule has 0 radical (unpaired) electrons. The van der Waals surface area contributed by atoms with E-state index in [4.69, 9.17) is 0 Å².